The standard InChI is InChI=1S/C24H33F2N3S/c1-15(2)29-21(11-20(27-29)16-3-5-24(25,26)6-4-16)22-18-9-17(10-19(18)22)28-8-7-23(12-28)13-30-14-23/h3,11,15,17-19,22H,4-10,12-14H2,1-2H3. The van der Waals surface area contributed by atoms with Crippen LogP contribution in [0.2, 0.25) is 0 Å². The van der Waals surface area contributed by atoms with Crippen LogP contribution in [0.15, 0.2) is 12.1 Å². The number of thioether (sulfide) groups is 1. The fourth-order valence-electron chi connectivity index (χ4n) is 6.71. The Kier molecular flexibility index (Phi) is 4.49. The predicted octanol–water partition coefficient (Wildman–Crippen LogP) is 5.60. The van der Waals surface area contributed by atoms with Gasteiger partial charge in [-0.25, -0.2) is 8.78 Å². The van der Waals surface area contributed by atoms with Crippen molar-refractivity contribution in [3.05, 3.63) is 23.5 Å². The van der Waals surface area contributed by atoms with Gasteiger partial charge >= 0.3 is 0 Å². The molecular weight excluding hydrogens is 400 g/mol. The van der Waals surface area contributed by atoms with Crippen LogP contribution in [0.3, 0.4) is 0 Å². The molecule has 5 aliphatic rings. The van der Waals surface area contributed by atoms with Gasteiger partial charge < -0.3 is 0 Å². The molecule has 2 saturated heterocycles. The van der Waals surface area contributed by atoms with Crippen molar-refractivity contribution in [2.24, 2.45) is 17.3 Å². The quantitative estimate of drug-likeness (QED) is 0.617. The van der Waals surface area contributed by atoms with E-state index in [-0.39, 0.29) is 12.8 Å². The Bertz CT molecular complexity index is 860. The van der Waals surface area contributed by atoms with Crippen LogP contribution in [0.25, 0.3) is 5.57 Å². The van der Waals surface area contributed by atoms with E-state index in [9.17, 15) is 8.78 Å². The minimum atomic E-state index is -2.54. The summed E-state index contributed by atoms with van der Waals surface area (Å²) in [7, 11) is 0. The summed E-state index contributed by atoms with van der Waals surface area (Å²) in [6, 6.07) is 3.34. The number of rotatable bonds is 4. The summed E-state index contributed by atoms with van der Waals surface area (Å²) in [5.74, 6) is 2.45. The molecule has 2 unspecified atom stereocenters. The average molecular weight is 434 g/mol. The zero-order valence-electron chi connectivity index (χ0n) is 18.1. The third-order valence-corrected chi connectivity index (χ3v) is 10.2. The van der Waals surface area contributed by atoms with Gasteiger partial charge in [0.15, 0.2) is 0 Å². The maximum Gasteiger partial charge on any atom is 0.251 e. The van der Waals surface area contributed by atoms with Gasteiger partial charge in [-0.15, -0.1) is 0 Å². The van der Waals surface area contributed by atoms with E-state index in [2.05, 4.69) is 41.3 Å². The molecule has 1 aromatic rings. The molecule has 0 radical (unpaired) electrons. The number of fused-ring (bicyclic) bond motifs is 1. The highest BCUT2D eigenvalue weighted by atomic mass is 32.2. The lowest BCUT2D eigenvalue weighted by Crippen LogP contribution is -2.41. The lowest BCUT2D eigenvalue weighted by molar-refractivity contribution is -0.00606. The first-order chi connectivity index (χ1) is 14.3. The van der Waals surface area contributed by atoms with Crippen molar-refractivity contribution < 1.29 is 8.78 Å². The Morgan fingerprint density at radius 3 is 2.50 bits per heavy atom. The van der Waals surface area contributed by atoms with E-state index in [0.29, 0.717) is 23.8 Å². The minimum absolute atomic E-state index is 0.0467. The van der Waals surface area contributed by atoms with Crippen LogP contribution >= 0.6 is 11.8 Å². The SMILES string of the molecule is CC(C)n1nc(C2=CCC(F)(F)CC2)cc1C1C2CC(N3CCC4(CSC4)C3)CC21. The topological polar surface area (TPSA) is 21.1 Å². The summed E-state index contributed by atoms with van der Waals surface area (Å²) in [4.78, 5) is 2.81. The summed E-state index contributed by atoms with van der Waals surface area (Å²) in [5, 5.41) is 4.89. The molecule has 0 N–H and O–H groups in total. The highest BCUT2D eigenvalue weighted by Crippen LogP contribution is 2.64. The third-order valence-electron chi connectivity index (χ3n) is 8.55. The van der Waals surface area contributed by atoms with Crippen molar-refractivity contribution in [1.82, 2.24) is 14.7 Å². The molecule has 30 heavy (non-hydrogen) atoms. The Balaban J connectivity index is 1.16. The van der Waals surface area contributed by atoms with Crippen molar-refractivity contribution >= 4 is 17.3 Å². The number of nitrogens with zero attached hydrogens (tertiary/aromatic N) is 3. The van der Waals surface area contributed by atoms with E-state index in [1.807, 2.05) is 0 Å². The van der Waals surface area contributed by atoms with Crippen molar-refractivity contribution in [2.45, 2.75) is 76.3 Å². The number of halogens is 2. The molecule has 6 heteroatoms. The van der Waals surface area contributed by atoms with Crippen molar-refractivity contribution in [1.29, 1.82) is 0 Å². The minimum Gasteiger partial charge on any atom is -0.300 e. The second kappa shape index (κ2) is 6.81. The fraction of sp³-hybridized carbons (Fsp3) is 0.792. The molecule has 3 aliphatic carbocycles. The molecule has 4 fully saturated rings. The summed E-state index contributed by atoms with van der Waals surface area (Å²) in [5.41, 5.74) is 3.98. The van der Waals surface area contributed by atoms with Gasteiger partial charge in [0, 0.05) is 60.0 Å². The van der Waals surface area contributed by atoms with E-state index in [0.717, 1.165) is 29.1 Å². The second-order valence-electron chi connectivity index (χ2n) is 11.0. The average Bonchev–Trinajstić information content (AvgIpc) is 3.14. The maximum absolute atomic E-state index is 13.6. The zero-order valence-corrected chi connectivity index (χ0v) is 18.9. The first-order valence-electron chi connectivity index (χ1n) is 11.8. The van der Waals surface area contributed by atoms with Crippen molar-refractivity contribution in [3.8, 4) is 0 Å². The second-order valence-corrected chi connectivity index (χ2v) is 12.0. The van der Waals surface area contributed by atoms with Crippen LogP contribution in [-0.2, 0) is 0 Å². The van der Waals surface area contributed by atoms with Gasteiger partial charge in [-0.2, -0.15) is 16.9 Å². The van der Waals surface area contributed by atoms with E-state index in [4.69, 9.17) is 5.10 Å². The molecule has 164 valence electrons. The van der Waals surface area contributed by atoms with Crippen molar-refractivity contribution in [3.63, 3.8) is 0 Å². The van der Waals surface area contributed by atoms with Crippen LogP contribution in [0, 0.1) is 17.3 Å². The molecule has 2 saturated carbocycles. The fourth-order valence-corrected chi connectivity index (χ4v) is 7.96. The molecule has 3 heterocycles. The van der Waals surface area contributed by atoms with Gasteiger partial charge in [-0.3, -0.25) is 9.58 Å². The Labute approximate surface area is 182 Å². The Hall–Kier alpha value is -0.880. The van der Waals surface area contributed by atoms with Crippen LogP contribution in [0.5, 0.6) is 0 Å². The highest BCUT2D eigenvalue weighted by Gasteiger charge is 2.59. The number of aromatic nitrogens is 2. The molecule has 1 spiro atoms. The molecule has 1 aromatic heterocycles. The smallest absolute Gasteiger partial charge is 0.251 e. The van der Waals surface area contributed by atoms with Crippen LogP contribution in [0.1, 0.15) is 75.7 Å². The van der Waals surface area contributed by atoms with E-state index in [1.165, 1.54) is 49.6 Å². The number of hydrogen-bond acceptors (Lipinski definition) is 3. The summed E-state index contributed by atoms with van der Waals surface area (Å²) in [6.07, 6.45) is 6.07. The van der Waals surface area contributed by atoms with E-state index in [1.54, 1.807) is 6.08 Å². The lowest BCUT2D eigenvalue weighted by Gasteiger charge is -2.38. The zero-order chi connectivity index (χ0) is 20.7. The highest BCUT2D eigenvalue weighted by molar-refractivity contribution is 8.00. The van der Waals surface area contributed by atoms with Crippen LogP contribution in [0.4, 0.5) is 8.78 Å². The Morgan fingerprint density at radius 2 is 1.93 bits per heavy atom. The predicted molar refractivity (Wildman–Crippen MR) is 118 cm³/mol. The maximum atomic E-state index is 13.6. The number of hydrogen-bond donors (Lipinski definition) is 0. The lowest BCUT2D eigenvalue weighted by atomic mass is 9.91. The molecular formula is C24H33F2N3S. The largest absolute Gasteiger partial charge is 0.300 e. The molecule has 3 nitrogen and oxygen atoms in total. The van der Waals surface area contributed by atoms with Gasteiger partial charge in [-0.1, -0.05) is 6.08 Å². The molecule has 0 aromatic carbocycles. The Morgan fingerprint density at radius 1 is 1.17 bits per heavy atom. The molecule has 2 atom stereocenters. The number of allylic oxidation sites excluding steroid dienone is 2. The monoisotopic (exact) mass is 433 g/mol. The molecule has 6 rings (SSSR count). The van der Waals surface area contributed by atoms with Crippen LogP contribution in [-0.4, -0.2) is 51.2 Å². The van der Waals surface area contributed by atoms with Gasteiger partial charge in [0.05, 0.1) is 5.69 Å². The van der Waals surface area contributed by atoms with Gasteiger partial charge in [0.2, 0.25) is 0 Å². The van der Waals surface area contributed by atoms with Gasteiger partial charge in [0.25, 0.3) is 5.92 Å². The van der Waals surface area contributed by atoms with E-state index >= 15 is 0 Å². The molecule has 2 aliphatic heterocycles. The molecule has 0 bridgehead atoms. The van der Waals surface area contributed by atoms with Crippen molar-refractivity contribution in [2.75, 3.05) is 24.6 Å². The third kappa shape index (κ3) is 3.19. The first kappa shape index (κ1) is 19.8. The number of likely N-dealkylation sites (tertiary alicyclic amines) is 1. The van der Waals surface area contributed by atoms with Crippen LogP contribution < -0.4 is 0 Å². The molecule has 0 amide bonds. The summed E-state index contributed by atoms with van der Waals surface area (Å²) < 4.78 is 29.3. The summed E-state index contributed by atoms with van der Waals surface area (Å²) in [6.45, 7) is 7.01. The number of alkyl halides is 2. The van der Waals surface area contributed by atoms with Gasteiger partial charge in [0.1, 0.15) is 0 Å². The van der Waals surface area contributed by atoms with Gasteiger partial charge in [-0.05, 0) is 69.6 Å². The first-order valence-corrected chi connectivity index (χ1v) is 13.0. The van der Waals surface area contributed by atoms with E-state index < -0.39 is 5.92 Å². The normalized spacial score (nSPS) is 36.8. The summed E-state index contributed by atoms with van der Waals surface area (Å²) >= 11 is 2.12.